The summed E-state index contributed by atoms with van der Waals surface area (Å²) in [6, 6.07) is 17.4. The minimum absolute atomic E-state index is 0.116. The second-order valence-corrected chi connectivity index (χ2v) is 11.7. The van der Waals surface area contributed by atoms with Gasteiger partial charge in [-0.1, -0.05) is 19.1 Å². The minimum atomic E-state index is -3.83. The summed E-state index contributed by atoms with van der Waals surface area (Å²) in [5, 5.41) is 2.93. The predicted octanol–water partition coefficient (Wildman–Crippen LogP) is 5.84. The Balaban J connectivity index is 1.31. The van der Waals surface area contributed by atoms with Crippen molar-refractivity contribution in [3.05, 3.63) is 82.3 Å². The van der Waals surface area contributed by atoms with Crippen molar-refractivity contribution < 1.29 is 17.9 Å². The summed E-state index contributed by atoms with van der Waals surface area (Å²) >= 11 is 0. The molecule has 0 bridgehead atoms. The lowest BCUT2D eigenvalue weighted by molar-refractivity contribution is -0.136. The third-order valence-electron chi connectivity index (χ3n) is 7.43. The molecule has 0 aromatic heterocycles. The topological polar surface area (TPSA) is 96.4 Å². The van der Waals surface area contributed by atoms with E-state index in [2.05, 4.69) is 22.2 Å². The summed E-state index contributed by atoms with van der Waals surface area (Å²) in [7, 11) is -3.83. The summed E-state index contributed by atoms with van der Waals surface area (Å²) < 4.78 is 34.0. The van der Waals surface area contributed by atoms with Crippen molar-refractivity contribution in [1.29, 1.82) is 0 Å². The molecule has 1 atom stereocenters. The van der Waals surface area contributed by atoms with E-state index in [0.717, 1.165) is 24.2 Å². The number of sulfonamides is 1. The maximum Gasteiger partial charge on any atom is 0.318 e. The summed E-state index contributed by atoms with van der Waals surface area (Å²) in [4.78, 5) is 26.4. The molecule has 38 heavy (non-hydrogen) atoms. The van der Waals surface area contributed by atoms with E-state index in [-0.39, 0.29) is 23.1 Å². The second kappa shape index (κ2) is 10.6. The van der Waals surface area contributed by atoms with Crippen molar-refractivity contribution in [1.82, 2.24) is 0 Å². The van der Waals surface area contributed by atoms with Gasteiger partial charge in [-0.05, 0) is 103 Å². The van der Waals surface area contributed by atoms with E-state index in [0.29, 0.717) is 29.8 Å². The van der Waals surface area contributed by atoms with Crippen LogP contribution in [-0.2, 0) is 21.2 Å². The number of nitroso groups, excluding NO2 is 1. The number of rotatable bonds is 8. The number of carbonyl (C=O) groups is 1. The van der Waals surface area contributed by atoms with E-state index in [4.69, 9.17) is 4.74 Å². The van der Waals surface area contributed by atoms with Crippen LogP contribution in [0.15, 0.2) is 70.7 Å². The van der Waals surface area contributed by atoms with Crippen LogP contribution in [0.25, 0.3) is 0 Å². The van der Waals surface area contributed by atoms with Gasteiger partial charge in [0.1, 0.15) is 11.4 Å². The monoisotopic (exact) mass is 533 g/mol. The number of carbonyl (C=O) groups excluding carboxylic acids is 1. The van der Waals surface area contributed by atoms with Gasteiger partial charge < -0.3 is 9.64 Å². The lowest BCUT2D eigenvalue weighted by Crippen LogP contribution is -2.29. The lowest BCUT2D eigenvalue weighted by Gasteiger charge is -2.21. The zero-order chi connectivity index (χ0) is 26.9. The summed E-state index contributed by atoms with van der Waals surface area (Å²) in [6.07, 6.45) is 3.50. The highest BCUT2D eigenvalue weighted by Crippen LogP contribution is 2.36. The number of ether oxygens (including phenoxy) is 1. The normalized spacial score (nSPS) is 15.8. The van der Waals surface area contributed by atoms with Gasteiger partial charge in [0.2, 0.25) is 0 Å². The molecule has 3 aromatic carbocycles. The molecule has 0 amide bonds. The van der Waals surface area contributed by atoms with Crippen LogP contribution in [0.1, 0.15) is 48.8 Å². The van der Waals surface area contributed by atoms with Gasteiger partial charge in [-0.3, -0.25) is 9.10 Å². The van der Waals surface area contributed by atoms with Crippen LogP contribution in [0.3, 0.4) is 0 Å². The van der Waals surface area contributed by atoms with E-state index < -0.39 is 15.9 Å². The fourth-order valence-corrected chi connectivity index (χ4v) is 6.89. The Morgan fingerprint density at radius 3 is 2.39 bits per heavy atom. The molecule has 2 heterocycles. The third kappa shape index (κ3) is 4.90. The number of anilines is 2. The number of fused-ring (bicyclic) bond motifs is 1. The first kappa shape index (κ1) is 25.9. The first-order valence-electron chi connectivity index (χ1n) is 13.0. The van der Waals surface area contributed by atoms with Crippen LogP contribution in [0, 0.1) is 11.8 Å². The van der Waals surface area contributed by atoms with Crippen molar-refractivity contribution in [3.63, 3.8) is 0 Å². The highest BCUT2D eigenvalue weighted by Gasteiger charge is 2.32. The maximum atomic E-state index is 13.4. The highest BCUT2D eigenvalue weighted by molar-refractivity contribution is 7.92. The molecule has 2 aliphatic rings. The number of esters is 1. The number of aryl methyl sites for hydroxylation is 1. The molecule has 198 valence electrons. The van der Waals surface area contributed by atoms with E-state index in [1.807, 2.05) is 19.1 Å². The zero-order valence-electron chi connectivity index (χ0n) is 21.6. The third-order valence-corrected chi connectivity index (χ3v) is 9.23. The van der Waals surface area contributed by atoms with Crippen molar-refractivity contribution in [2.45, 2.75) is 50.3 Å². The highest BCUT2D eigenvalue weighted by atomic mass is 32.2. The first-order valence-corrected chi connectivity index (χ1v) is 14.4. The van der Waals surface area contributed by atoms with Crippen molar-refractivity contribution in [3.8, 4) is 5.75 Å². The van der Waals surface area contributed by atoms with Gasteiger partial charge >= 0.3 is 5.97 Å². The van der Waals surface area contributed by atoms with Crippen LogP contribution in [-0.4, -0.2) is 34.0 Å². The predicted molar refractivity (Wildman–Crippen MR) is 148 cm³/mol. The maximum absolute atomic E-state index is 13.4. The van der Waals surface area contributed by atoms with Gasteiger partial charge in [0, 0.05) is 25.3 Å². The van der Waals surface area contributed by atoms with Gasteiger partial charge in [-0.25, -0.2) is 8.42 Å². The molecule has 0 unspecified atom stereocenters. The van der Waals surface area contributed by atoms with Gasteiger partial charge in [-0.2, -0.15) is 0 Å². The quantitative estimate of drug-likeness (QED) is 0.205. The fourth-order valence-electron chi connectivity index (χ4n) is 5.30. The number of nitrogens with zero attached hydrogens (tertiary/aromatic N) is 3. The average molecular weight is 534 g/mol. The molecule has 0 N–H and O–H groups in total. The summed E-state index contributed by atoms with van der Waals surface area (Å²) in [6.45, 7) is 6.08. The molecular formula is C29H31N3O5S. The SMILES string of the molecule is CC[C@@H](C(=O)Oc1ccc(S(=O)(=O)N2CCc3cc(N=O)ccc32)cc1C)c1ccc(N2CCCC2)cc1. The van der Waals surface area contributed by atoms with Gasteiger partial charge in [0.15, 0.2) is 0 Å². The van der Waals surface area contributed by atoms with E-state index in [1.54, 1.807) is 25.1 Å². The molecule has 0 spiro atoms. The number of benzene rings is 3. The Labute approximate surface area is 223 Å². The molecule has 3 aromatic rings. The Kier molecular flexibility index (Phi) is 7.21. The van der Waals surface area contributed by atoms with E-state index in [9.17, 15) is 18.1 Å². The molecule has 5 rings (SSSR count). The zero-order valence-corrected chi connectivity index (χ0v) is 22.4. The molecule has 9 heteroatoms. The largest absolute Gasteiger partial charge is 0.426 e. The van der Waals surface area contributed by atoms with E-state index in [1.165, 1.54) is 41.0 Å². The molecule has 0 radical (unpaired) electrons. The molecule has 1 saturated heterocycles. The van der Waals surface area contributed by atoms with Gasteiger partial charge in [-0.15, -0.1) is 4.91 Å². The number of hydrogen-bond acceptors (Lipinski definition) is 7. The Bertz CT molecular complexity index is 1460. The molecular weight excluding hydrogens is 502 g/mol. The Morgan fingerprint density at radius 1 is 1.00 bits per heavy atom. The standard InChI is InChI=1S/C29H31N3O5S/c1-3-26(21-6-9-24(10-7-21)31-15-4-5-16-31)29(33)37-28-13-11-25(18-20(28)2)38(35,36)32-17-14-22-19-23(30-34)8-12-27(22)32/h6-13,18-19,26H,3-5,14-17H2,1-2H3/t26-/m1/s1. The molecule has 0 aliphatic carbocycles. The van der Waals surface area contributed by atoms with Crippen LogP contribution in [0.4, 0.5) is 17.1 Å². The molecule has 0 saturated carbocycles. The Morgan fingerprint density at radius 2 is 1.74 bits per heavy atom. The van der Waals surface area contributed by atoms with Gasteiger partial charge in [0.25, 0.3) is 10.0 Å². The summed E-state index contributed by atoms with van der Waals surface area (Å²) in [5.41, 5.74) is 4.22. The van der Waals surface area contributed by atoms with Crippen molar-refractivity contribution in [2.24, 2.45) is 5.18 Å². The van der Waals surface area contributed by atoms with E-state index >= 15 is 0 Å². The van der Waals surface area contributed by atoms with Crippen molar-refractivity contribution >= 4 is 33.1 Å². The smallest absolute Gasteiger partial charge is 0.318 e. The van der Waals surface area contributed by atoms with Crippen LogP contribution >= 0.6 is 0 Å². The fraction of sp³-hybridized carbons (Fsp3) is 0.345. The first-order chi connectivity index (χ1) is 18.3. The molecule has 1 fully saturated rings. The Hall–Kier alpha value is -3.72. The average Bonchev–Trinajstić information content (AvgIpc) is 3.61. The van der Waals surface area contributed by atoms with Crippen LogP contribution in [0.5, 0.6) is 5.75 Å². The van der Waals surface area contributed by atoms with Crippen LogP contribution < -0.4 is 13.9 Å². The summed E-state index contributed by atoms with van der Waals surface area (Å²) in [5.74, 6) is -0.449. The van der Waals surface area contributed by atoms with Crippen LogP contribution in [0.2, 0.25) is 0 Å². The molecule has 2 aliphatic heterocycles. The minimum Gasteiger partial charge on any atom is -0.426 e. The lowest BCUT2D eigenvalue weighted by atomic mass is 9.96. The number of hydrogen-bond donors (Lipinski definition) is 0. The van der Waals surface area contributed by atoms with Crippen molar-refractivity contribution in [2.75, 3.05) is 28.8 Å². The molecule has 8 nitrogen and oxygen atoms in total. The van der Waals surface area contributed by atoms with Gasteiger partial charge in [0.05, 0.1) is 16.5 Å². The second-order valence-electron chi connectivity index (χ2n) is 9.83.